The van der Waals surface area contributed by atoms with E-state index in [1.54, 1.807) is 24.5 Å². The lowest BCUT2D eigenvalue weighted by atomic mass is 10.5. The van der Waals surface area contributed by atoms with E-state index in [0.29, 0.717) is 0 Å². The smallest absolute Gasteiger partial charge is 0.188 e. The maximum absolute atomic E-state index is 5.05. The zero-order valence-electron chi connectivity index (χ0n) is 5.56. The summed E-state index contributed by atoms with van der Waals surface area (Å²) in [5.41, 5.74) is 0. The predicted molar refractivity (Wildman–Crippen MR) is 48.7 cm³/mol. The normalized spacial score (nSPS) is 9.40. The Hall–Kier alpha value is -0.280. The first kappa shape index (κ1) is 7.82. The lowest BCUT2D eigenvalue weighted by molar-refractivity contribution is 0.425. The summed E-state index contributed by atoms with van der Waals surface area (Å²) in [5, 5.41) is 0.898. The van der Waals surface area contributed by atoms with E-state index >= 15 is 0 Å². The first-order chi connectivity index (χ1) is 4.77. The molecule has 0 saturated carbocycles. The van der Waals surface area contributed by atoms with Crippen LogP contribution in [0, 0.1) is 0 Å². The molecule has 0 bridgehead atoms. The summed E-state index contributed by atoms with van der Waals surface area (Å²) in [7, 11) is 1.66. The molecule has 0 unspecified atom stereocenters. The van der Waals surface area contributed by atoms with E-state index in [-0.39, 0.29) is 0 Å². The molecule has 0 aromatic carbocycles. The molecule has 1 rings (SSSR count). The Morgan fingerprint density at radius 2 is 2.50 bits per heavy atom. The van der Waals surface area contributed by atoms with Crippen molar-refractivity contribution in [1.29, 1.82) is 0 Å². The molecule has 0 spiro atoms. The van der Waals surface area contributed by atoms with Gasteiger partial charge in [0.1, 0.15) is 0 Å². The Morgan fingerprint density at radius 3 is 2.80 bits per heavy atom. The molecule has 0 N–H and O–H groups in total. The minimum absolute atomic E-state index is 0.898. The van der Waals surface area contributed by atoms with Gasteiger partial charge in [-0.1, -0.05) is 24.0 Å². The standard InChI is InChI=1S/C7H7BrOS/c1-3-5-4-6(8)7(9-2)10-5/h3-4H,1H2,2H3. The van der Waals surface area contributed by atoms with Crippen molar-refractivity contribution in [2.45, 2.75) is 0 Å². The molecule has 0 saturated heterocycles. The van der Waals surface area contributed by atoms with Crippen LogP contribution in [-0.2, 0) is 0 Å². The summed E-state index contributed by atoms with van der Waals surface area (Å²) in [4.78, 5) is 1.11. The van der Waals surface area contributed by atoms with E-state index < -0.39 is 0 Å². The van der Waals surface area contributed by atoms with Crippen molar-refractivity contribution >= 4 is 33.3 Å². The third kappa shape index (κ3) is 1.41. The highest BCUT2D eigenvalue weighted by Gasteiger charge is 2.02. The summed E-state index contributed by atoms with van der Waals surface area (Å²) < 4.78 is 6.05. The predicted octanol–water partition coefficient (Wildman–Crippen LogP) is 3.16. The molecule has 0 aliphatic heterocycles. The van der Waals surface area contributed by atoms with E-state index in [1.165, 1.54) is 0 Å². The summed E-state index contributed by atoms with van der Waals surface area (Å²) in [6.07, 6.45) is 1.80. The van der Waals surface area contributed by atoms with Gasteiger partial charge in [0, 0.05) is 4.88 Å². The number of methoxy groups -OCH3 is 1. The highest BCUT2D eigenvalue weighted by Crippen LogP contribution is 2.34. The summed E-state index contributed by atoms with van der Waals surface area (Å²) >= 11 is 4.93. The van der Waals surface area contributed by atoms with Crippen molar-refractivity contribution in [2.75, 3.05) is 7.11 Å². The number of hydrogen-bond acceptors (Lipinski definition) is 2. The molecule has 1 heterocycles. The summed E-state index contributed by atoms with van der Waals surface area (Å²) in [6.45, 7) is 3.65. The molecule has 0 aliphatic rings. The SMILES string of the molecule is C=Cc1cc(Br)c(OC)s1. The molecule has 1 aromatic rings. The van der Waals surface area contributed by atoms with Gasteiger partial charge in [0.15, 0.2) is 5.06 Å². The second-order valence-corrected chi connectivity index (χ2v) is 3.59. The Bertz CT molecular complexity index is 242. The fourth-order valence-corrected chi connectivity index (χ4v) is 2.13. The molecule has 0 aliphatic carbocycles. The van der Waals surface area contributed by atoms with E-state index in [1.807, 2.05) is 6.07 Å². The van der Waals surface area contributed by atoms with Crippen LogP contribution in [-0.4, -0.2) is 7.11 Å². The van der Waals surface area contributed by atoms with Gasteiger partial charge in [-0.2, -0.15) is 0 Å². The first-order valence-electron chi connectivity index (χ1n) is 2.73. The zero-order chi connectivity index (χ0) is 7.56. The Kier molecular flexibility index (Phi) is 2.51. The van der Waals surface area contributed by atoms with Gasteiger partial charge in [-0.05, 0) is 22.0 Å². The van der Waals surface area contributed by atoms with Crippen molar-refractivity contribution in [3.8, 4) is 5.06 Å². The third-order valence-corrected chi connectivity index (χ3v) is 3.00. The van der Waals surface area contributed by atoms with Crippen LogP contribution in [0.5, 0.6) is 5.06 Å². The van der Waals surface area contributed by atoms with Crippen molar-refractivity contribution in [1.82, 2.24) is 0 Å². The minimum Gasteiger partial charge on any atom is -0.486 e. The van der Waals surface area contributed by atoms with Gasteiger partial charge in [0.2, 0.25) is 0 Å². The second-order valence-electron chi connectivity index (χ2n) is 1.69. The van der Waals surface area contributed by atoms with Crippen LogP contribution in [0.4, 0.5) is 0 Å². The number of ether oxygens (including phenoxy) is 1. The number of thiophene rings is 1. The molecule has 0 atom stereocenters. The van der Waals surface area contributed by atoms with Gasteiger partial charge in [0.05, 0.1) is 11.6 Å². The number of hydrogen-bond donors (Lipinski definition) is 0. The topological polar surface area (TPSA) is 9.23 Å². The van der Waals surface area contributed by atoms with Crippen LogP contribution in [0.2, 0.25) is 0 Å². The zero-order valence-corrected chi connectivity index (χ0v) is 7.96. The molecule has 1 aromatic heterocycles. The van der Waals surface area contributed by atoms with Crippen LogP contribution in [0.25, 0.3) is 6.08 Å². The van der Waals surface area contributed by atoms with Gasteiger partial charge in [-0.25, -0.2) is 0 Å². The Morgan fingerprint density at radius 1 is 1.80 bits per heavy atom. The van der Waals surface area contributed by atoms with Crippen molar-refractivity contribution in [2.24, 2.45) is 0 Å². The molecule has 10 heavy (non-hydrogen) atoms. The quantitative estimate of drug-likeness (QED) is 0.742. The van der Waals surface area contributed by atoms with Crippen molar-refractivity contribution in [3.05, 3.63) is 22.0 Å². The van der Waals surface area contributed by atoms with E-state index in [9.17, 15) is 0 Å². The van der Waals surface area contributed by atoms with Crippen molar-refractivity contribution in [3.63, 3.8) is 0 Å². The number of rotatable bonds is 2. The molecule has 54 valence electrons. The summed E-state index contributed by atoms with van der Waals surface area (Å²) in [5.74, 6) is 0. The van der Waals surface area contributed by atoms with Gasteiger partial charge in [-0.15, -0.1) is 0 Å². The van der Waals surface area contributed by atoms with Gasteiger partial charge >= 0.3 is 0 Å². The van der Waals surface area contributed by atoms with Gasteiger partial charge in [-0.3, -0.25) is 0 Å². The summed E-state index contributed by atoms with van der Waals surface area (Å²) in [6, 6.07) is 1.98. The molecule has 3 heteroatoms. The largest absolute Gasteiger partial charge is 0.486 e. The fourth-order valence-electron chi connectivity index (χ4n) is 0.609. The van der Waals surface area contributed by atoms with E-state index in [0.717, 1.165) is 14.4 Å². The molecule has 0 amide bonds. The van der Waals surface area contributed by atoms with Crippen LogP contribution in [0.3, 0.4) is 0 Å². The lowest BCUT2D eigenvalue weighted by Crippen LogP contribution is -1.75. The van der Waals surface area contributed by atoms with Gasteiger partial charge < -0.3 is 4.74 Å². The molecule has 1 nitrogen and oxygen atoms in total. The van der Waals surface area contributed by atoms with Crippen LogP contribution in [0.15, 0.2) is 17.1 Å². The minimum atomic E-state index is 0.898. The average molecular weight is 219 g/mol. The second kappa shape index (κ2) is 3.21. The Labute approximate surface area is 72.5 Å². The molecule has 0 radical (unpaired) electrons. The third-order valence-electron chi connectivity index (χ3n) is 1.06. The molecular formula is C7H7BrOS. The van der Waals surface area contributed by atoms with Crippen LogP contribution < -0.4 is 4.74 Å². The monoisotopic (exact) mass is 218 g/mol. The van der Waals surface area contributed by atoms with Crippen LogP contribution in [0.1, 0.15) is 4.88 Å². The molecule has 0 fully saturated rings. The lowest BCUT2D eigenvalue weighted by Gasteiger charge is -1.91. The van der Waals surface area contributed by atoms with Crippen molar-refractivity contribution < 1.29 is 4.74 Å². The van der Waals surface area contributed by atoms with E-state index in [4.69, 9.17) is 4.74 Å². The van der Waals surface area contributed by atoms with E-state index in [2.05, 4.69) is 22.5 Å². The highest BCUT2D eigenvalue weighted by molar-refractivity contribution is 9.10. The molecular weight excluding hydrogens is 212 g/mol. The first-order valence-corrected chi connectivity index (χ1v) is 4.34. The maximum atomic E-state index is 5.05. The van der Waals surface area contributed by atoms with Gasteiger partial charge in [0.25, 0.3) is 0 Å². The fraction of sp³-hybridized carbons (Fsp3) is 0.143. The Balaban J connectivity index is 3.03. The highest BCUT2D eigenvalue weighted by atomic mass is 79.9. The number of halogens is 1. The average Bonchev–Trinajstić information content (AvgIpc) is 2.30. The van der Waals surface area contributed by atoms with Crippen LogP contribution >= 0.6 is 27.3 Å². The maximum Gasteiger partial charge on any atom is 0.188 e.